The lowest BCUT2D eigenvalue weighted by molar-refractivity contribution is -0.158. The number of esters is 2. The molecule has 0 radical (unpaired) electrons. The van der Waals surface area contributed by atoms with Crippen LogP contribution in [0, 0.1) is 0 Å². The van der Waals surface area contributed by atoms with Crippen LogP contribution in [0.1, 0.15) is 24.2 Å². The number of carbonyl (C=O) groups is 2. The van der Waals surface area contributed by atoms with Crippen molar-refractivity contribution in [2.24, 2.45) is 0 Å². The summed E-state index contributed by atoms with van der Waals surface area (Å²) in [4.78, 5) is 22.0. The highest BCUT2D eigenvalue weighted by atomic mass is 16.7. The topological polar surface area (TPSA) is 61.8 Å². The molecule has 1 unspecified atom stereocenters. The zero-order valence-electron chi connectivity index (χ0n) is 10.2. The summed E-state index contributed by atoms with van der Waals surface area (Å²) in [6, 6.07) is 6.25. The third kappa shape index (κ3) is 4.29. The number of rotatable bonds is 5. The summed E-state index contributed by atoms with van der Waals surface area (Å²) in [5.41, 5.74) is 0.377. The van der Waals surface area contributed by atoms with E-state index in [2.05, 4.69) is 11.3 Å². The van der Waals surface area contributed by atoms with Gasteiger partial charge in [-0.1, -0.05) is 6.58 Å². The molecule has 1 aromatic rings. The van der Waals surface area contributed by atoms with Crippen molar-refractivity contribution in [1.82, 2.24) is 0 Å². The normalized spacial score (nSPS) is 11.2. The second-order valence-electron chi connectivity index (χ2n) is 3.39. The minimum absolute atomic E-state index is 0.377. The van der Waals surface area contributed by atoms with Crippen molar-refractivity contribution in [1.29, 1.82) is 0 Å². The molecule has 0 fully saturated rings. The highest BCUT2D eigenvalue weighted by Gasteiger charge is 2.09. The molecule has 0 aliphatic heterocycles. The Morgan fingerprint density at radius 3 is 2.39 bits per heavy atom. The molecule has 1 atom stereocenters. The van der Waals surface area contributed by atoms with Crippen LogP contribution in [0.2, 0.25) is 0 Å². The lowest BCUT2D eigenvalue weighted by Gasteiger charge is -2.14. The Hall–Kier alpha value is -2.30. The summed E-state index contributed by atoms with van der Waals surface area (Å²) in [6.45, 7) is 6.19. The number of carbonyl (C=O) groups excluding carboxylic acids is 2. The van der Waals surface area contributed by atoms with Gasteiger partial charge in [-0.25, -0.2) is 4.79 Å². The zero-order valence-corrected chi connectivity index (χ0v) is 10.2. The van der Waals surface area contributed by atoms with E-state index in [9.17, 15) is 9.59 Å². The standard InChI is InChI=1S/C13H14O5/c1-4-16-13(15)11-5-7-12(8-6-11)18-10(3)17-9(2)14/h4-8,10H,1H2,2-3H3. The molecular weight excluding hydrogens is 236 g/mol. The van der Waals surface area contributed by atoms with Crippen LogP contribution in [0.3, 0.4) is 0 Å². The first-order chi connectivity index (χ1) is 8.52. The summed E-state index contributed by atoms with van der Waals surface area (Å²) in [6.07, 6.45) is 0.378. The molecule has 0 saturated heterocycles. The first-order valence-corrected chi connectivity index (χ1v) is 5.28. The van der Waals surface area contributed by atoms with Crippen LogP contribution >= 0.6 is 0 Å². The second kappa shape index (κ2) is 6.44. The minimum atomic E-state index is -0.687. The zero-order chi connectivity index (χ0) is 13.5. The molecule has 0 saturated carbocycles. The smallest absolute Gasteiger partial charge is 0.342 e. The Morgan fingerprint density at radius 2 is 1.89 bits per heavy atom. The van der Waals surface area contributed by atoms with E-state index in [0.29, 0.717) is 11.3 Å². The molecule has 0 spiro atoms. The van der Waals surface area contributed by atoms with Crippen molar-refractivity contribution >= 4 is 11.9 Å². The van der Waals surface area contributed by atoms with Gasteiger partial charge in [-0.3, -0.25) is 4.79 Å². The van der Waals surface area contributed by atoms with Gasteiger partial charge in [-0.05, 0) is 24.3 Å². The number of hydrogen-bond donors (Lipinski definition) is 0. The van der Waals surface area contributed by atoms with Crippen molar-refractivity contribution in [2.45, 2.75) is 20.1 Å². The molecule has 0 amide bonds. The lowest BCUT2D eigenvalue weighted by atomic mass is 10.2. The van der Waals surface area contributed by atoms with Gasteiger partial charge >= 0.3 is 11.9 Å². The van der Waals surface area contributed by atoms with Gasteiger partial charge < -0.3 is 14.2 Å². The molecular formula is C13H14O5. The maximum Gasteiger partial charge on any atom is 0.342 e. The first kappa shape index (κ1) is 13.8. The number of benzene rings is 1. The van der Waals surface area contributed by atoms with E-state index in [1.807, 2.05) is 0 Å². The highest BCUT2D eigenvalue weighted by Crippen LogP contribution is 2.15. The molecule has 1 rings (SSSR count). The van der Waals surface area contributed by atoms with Crippen LogP contribution in [-0.4, -0.2) is 18.2 Å². The highest BCUT2D eigenvalue weighted by molar-refractivity contribution is 5.89. The van der Waals surface area contributed by atoms with Crippen LogP contribution in [0.25, 0.3) is 0 Å². The Bertz CT molecular complexity index is 435. The third-order valence-electron chi connectivity index (χ3n) is 1.91. The molecule has 0 aliphatic carbocycles. The maximum atomic E-state index is 11.3. The van der Waals surface area contributed by atoms with Crippen molar-refractivity contribution in [2.75, 3.05) is 0 Å². The molecule has 0 bridgehead atoms. The predicted molar refractivity (Wildman–Crippen MR) is 63.9 cm³/mol. The molecule has 0 N–H and O–H groups in total. The number of hydrogen-bond acceptors (Lipinski definition) is 5. The molecule has 0 heterocycles. The Kier molecular flexibility index (Phi) is 4.92. The third-order valence-corrected chi connectivity index (χ3v) is 1.91. The maximum absolute atomic E-state index is 11.3. The summed E-state index contributed by atoms with van der Waals surface area (Å²) in [5, 5.41) is 0. The van der Waals surface area contributed by atoms with E-state index in [4.69, 9.17) is 9.47 Å². The first-order valence-electron chi connectivity index (χ1n) is 5.28. The van der Waals surface area contributed by atoms with Crippen molar-refractivity contribution in [3.05, 3.63) is 42.7 Å². The van der Waals surface area contributed by atoms with Crippen LogP contribution < -0.4 is 4.74 Å². The van der Waals surface area contributed by atoms with Crippen LogP contribution in [-0.2, 0) is 14.3 Å². The van der Waals surface area contributed by atoms with Crippen molar-refractivity contribution in [3.63, 3.8) is 0 Å². The lowest BCUT2D eigenvalue weighted by Crippen LogP contribution is -2.19. The molecule has 96 valence electrons. The summed E-state index contributed by atoms with van der Waals surface area (Å²) in [5.74, 6) is -0.433. The van der Waals surface area contributed by atoms with E-state index >= 15 is 0 Å². The molecule has 1 aromatic carbocycles. The second-order valence-corrected chi connectivity index (χ2v) is 3.39. The van der Waals surface area contributed by atoms with Gasteiger partial charge in [-0.15, -0.1) is 0 Å². The van der Waals surface area contributed by atoms with Gasteiger partial charge in [0.1, 0.15) is 5.75 Å². The van der Waals surface area contributed by atoms with Gasteiger partial charge in [-0.2, -0.15) is 0 Å². The molecule has 5 nitrogen and oxygen atoms in total. The average molecular weight is 250 g/mol. The molecule has 0 aromatic heterocycles. The Morgan fingerprint density at radius 1 is 1.28 bits per heavy atom. The molecule has 0 aliphatic rings. The quantitative estimate of drug-likeness (QED) is 0.455. The van der Waals surface area contributed by atoms with Gasteiger partial charge in [0.25, 0.3) is 0 Å². The Balaban J connectivity index is 2.62. The van der Waals surface area contributed by atoms with E-state index in [1.54, 1.807) is 31.2 Å². The molecule has 18 heavy (non-hydrogen) atoms. The van der Waals surface area contributed by atoms with E-state index < -0.39 is 18.2 Å². The molecule has 5 heteroatoms. The SMILES string of the molecule is C=COC(=O)c1ccc(OC(C)OC(C)=O)cc1. The Labute approximate surface area is 105 Å². The van der Waals surface area contributed by atoms with E-state index in [-0.39, 0.29) is 0 Å². The van der Waals surface area contributed by atoms with Crippen LogP contribution in [0.15, 0.2) is 37.1 Å². The largest absolute Gasteiger partial charge is 0.455 e. The van der Waals surface area contributed by atoms with Gasteiger partial charge in [0, 0.05) is 13.8 Å². The fraction of sp³-hybridized carbons (Fsp3) is 0.231. The van der Waals surface area contributed by atoms with Crippen LogP contribution in [0.4, 0.5) is 0 Å². The van der Waals surface area contributed by atoms with Gasteiger partial charge in [0.2, 0.25) is 6.29 Å². The fourth-order valence-corrected chi connectivity index (χ4v) is 1.26. The van der Waals surface area contributed by atoms with Crippen molar-refractivity contribution < 1.29 is 23.8 Å². The summed E-state index contributed by atoms with van der Waals surface area (Å²) >= 11 is 0. The monoisotopic (exact) mass is 250 g/mol. The summed E-state index contributed by atoms with van der Waals surface area (Å²) < 4.78 is 14.7. The van der Waals surface area contributed by atoms with Gasteiger partial charge in [0.05, 0.1) is 11.8 Å². The predicted octanol–water partition coefficient (Wildman–Crippen LogP) is 2.27. The minimum Gasteiger partial charge on any atom is -0.455 e. The number of ether oxygens (including phenoxy) is 3. The van der Waals surface area contributed by atoms with Crippen LogP contribution in [0.5, 0.6) is 5.75 Å². The average Bonchev–Trinajstić information content (AvgIpc) is 2.29. The van der Waals surface area contributed by atoms with E-state index in [1.165, 1.54) is 6.92 Å². The van der Waals surface area contributed by atoms with Gasteiger partial charge in [0.15, 0.2) is 0 Å². The van der Waals surface area contributed by atoms with E-state index in [0.717, 1.165) is 6.26 Å². The fourth-order valence-electron chi connectivity index (χ4n) is 1.26. The van der Waals surface area contributed by atoms with Crippen molar-refractivity contribution in [3.8, 4) is 5.75 Å². The summed E-state index contributed by atoms with van der Waals surface area (Å²) in [7, 11) is 0.